The van der Waals surface area contributed by atoms with Crippen molar-refractivity contribution in [2.75, 3.05) is 13.1 Å². The Labute approximate surface area is 72.1 Å². The molecule has 3 N–H and O–H groups in total. The molecule has 1 heterocycles. The Morgan fingerprint density at radius 3 is 3.42 bits per heavy atom. The maximum absolute atomic E-state index is 5.43. The maximum Gasteiger partial charge on any atom is 0.0859 e. The molecule has 0 saturated heterocycles. The van der Waals surface area contributed by atoms with E-state index in [1.165, 1.54) is 5.71 Å². The van der Waals surface area contributed by atoms with Gasteiger partial charge in [0.1, 0.15) is 0 Å². The van der Waals surface area contributed by atoms with E-state index in [0.717, 1.165) is 19.4 Å². The molecule has 0 radical (unpaired) electrons. The minimum atomic E-state index is 0.338. The number of nitrogens with zero attached hydrogens (tertiary/aromatic N) is 2. The monoisotopic (exact) mass is 166 g/mol. The third kappa shape index (κ3) is 1.35. The first-order valence-corrected chi connectivity index (χ1v) is 4.38. The van der Waals surface area contributed by atoms with Crippen LogP contribution in [0, 0.1) is 0 Å². The number of hydrazone groups is 1. The van der Waals surface area contributed by atoms with Crippen LogP contribution < -0.4 is 11.2 Å². The van der Waals surface area contributed by atoms with Gasteiger partial charge in [0.05, 0.1) is 18.3 Å². The molecule has 1 aliphatic carbocycles. The number of nitrogens with one attached hydrogen (secondary N) is 1. The molecule has 1 unspecified atom stereocenters. The molecule has 1 aliphatic heterocycles. The molecule has 1 atom stereocenters. The van der Waals surface area contributed by atoms with Gasteiger partial charge >= 0.3 is 0 Å². The van der Waals surface area contributed by atoms with E-state index in [1.54, 1.807) is 0 Å². The molecule has 0 amide bonds. The third-order valence-corrected chi connectivity index (χ3v) is 2.13. The first kappa shape index (κ1) is 7.76. The molecule has 2 aliphatic rings. The van der Waals surface area contributed by atoms with Crippen LogP contribution in [0.15, 0.2) is 17.3 Å². The van der Waals surface area contributed by atoms with Gasteiger partial charge in [-0.1, -0.05) is 12.2 Å². The van der Waals surface area contributed by atoms with Crippen molar-refractivity contribution in [3.05, 3.63) is 12.2 Å². The Hall–Kier alpha value is -0.870. The molecule has 2 rings (SSSR count). The van der Waals surface area contributed by atoms with Crippen LogP contribution in [0.3, 0.4) is 0 Å². The van der Waals surface area contributed by atoms with Gasteiger partial charge in [-0.25, -0.2) is 10.5 Å². The molecule has 4 heteroatoms. The summed E-state index contributed by atoms with van der Waals surface area (Å²) in [6.07, 6.45) is 6.56. The number of hydrazine groups is 1. The summed E-state index contributed by atoms with van der Waals surface area (Å²) in [6, 6.07) is 0.338. The lowest BCUT2D eigenvalue weighted by Gasteiger charge is -2.15. The quantitative estimate of drug-likeness (QED) is 0.560. The fourth-order valence-corrected chi connectivity index (χ4v) is 1.54. The van der Waals surface area contributed by atoms with E-state index in [9.17, 15) is 0 Å². The van der Waals surface area contributed by atoms with E-state index in [0.29, 0.717) is 12.6 Å². The summed E-state index contributed by atoms with van der Waals surface area (Å²) in [7, 11) is 0. The molecule has 0 aromatic heterocycles. The van der Waals surface area contributed by atoms with Crippen molar-refractivity contribution in [1.29, 1.82) is 0 Å². The number of hydrogen-bond acceptors (Lipinski definition) is 4. The molecule has 12 heavy (non-hydrogen) atoms. The van der Waals surface area contributed by atoms with Crippen LogP contribution in [0.1, 0.15) is 12.8 Å². The minimum Gasteiger partial charge on any atom is -0.329 e. The number of fused-ring (bicyclic) bond motifs is 1. The van der Waals surface area contributed by atoms with Crippen molar-refractivity contribution in [2.45, 2.75) is 18.9 Å². The van der Waals surface area contributed by atoms with Crippen molar-refractivity contribution < 1.29 is 0 Å². The van der Waals surface area contributed by atoms with Crippen LogP contribution in [0.4, 0.5) is 0 Å². The molecular formula is C8H14N4. The third-order valence-electron chi connectivity index (χ3n) is 2.13. The van der Waals surface area contributed by atoms with Gasteiger partial charge in [0, 0.05) is 6.54 Å². The Balaban J connectivity index is 2.02. The predicted octanol–water partition coefficient (Wildman–Crippen LogP) is -0.160. The summed E-state index contributed by atoms with van der Waals surface area (Å²) in [5.41, 5.74) is 9.93. The second-order valence-corrected chi connectivity index (χ2v) is 3.08. The molecule has 0 bridgehead atoms. The van der Waals surface area contributed by atoms with Gasteiger partial charge < -0.3 is 5.73 Å². The molecule has 0 saturated carbocycles. The first-order valence-electron chi connectivity index (χ1n) is 4.38. The highest BCUT2D eigenvalue weighted by molar-refractivity contribution is 5.93. The number of allylic oxidation sites excluding steroid dienone is 1. The van der Waals surface area contributed by atoms with Crippen LogP contribution in [0.2, 0.25) is 0 Å². The van der Waals surface area contributed by atoms with Crippen molar-refractivity contribution in [3.63, 3.8) is 0 Å². The van der Waals surface area contributed by atoms with Crippen molar-refractivity contribution in [2.24, 2.45) is 10.8 Å². The SMILES string of the molecule is NCCN1N=C2CCC=CC2N1. The fourth-order valence-electron chi connectivity index (χ4n) is 1.54. The van der Waals surface area contributed by atoms with E-state index < -0.39 is 0 Å². The second-order valence-electron chi connectivity index (χ2n) is 3.08. The number of hydrogen-bond donors (Lipinski definition) is 2. The maximum atomic E-state index is 5.43. The Morgan fingerprint density at radius 2 is 2.67 bits per heavy atom. The Morgan fingerprint density at radius 1 is 1.75 bits per heavy atom. The topological polar surface area (TPSA) is 53.6 Å². The Kier molecular flexibility index (Phi) is 2.10. The van der Waals surface area contributed by atoms with Crippen molar-refractivity contribution in [1.82, 2.24) is 10.5 Å². The van der Waals surface area contributed by atoms with Crippen LogP contribution >= 0.6 is 0 Å². The zero-order chi connectivity index (χ0) is 8.39. The fraction of sp³-hybridized carbons (Fsp3) is 0.625. The summed E-state index contributed by atoms with van der Waals surface area (Å²) in [5, 5.41) is 6.25. The molecule has 0 aromatic carbocycles. The standard InChI is InChI=1S/C8H14N4/c9-5-6-12-10-7-3-1-2-4-8(7)11-12/h1,3,7,10H,2,4-6,9H2. The summed E-state index contributed by atoms with van der Waals surface area (Å²) >= 11 is 0. The lowest BCUT2D eigenvalue weighted by atomic mass is 10.0. The average molecular weight is 166 g/mol. The summed E-state index contributed by atoms with van der Waals surface area (Å²) in [5.74, 6) is 0. The smallest absolute Gasteiger partial charge is 0.0859 e. The summed E-state index contributed by atoms with van der Waals surface area (Å²) in [6.45, 7) is 1.42. The van der Waals surface area contributed by atoms with Gasteiger partial charge in [0.2, 0.25) is 0 Å². The van der Waals surface area contributed by atoms with Gasteiger partial charge in [-0.15, -0.1) is 0 Å². The van der Waals surface area contributed by atoms with Crippen LogP contribution in [0.25, 0.3) is 0 Å². The van der Waals surface area contributed by atoms with Gasteiger partial charge in [-0.05, 0) is 12.8 Å². The minimum absolute atomic E-state index is 0.338. The highest BCUT2D eigenvalue weighted by Gasteiger charge is 2.24. The largest absolute Gasteiger partial charge is 0.329 e. The Bertz CT molecular complexity index is 221. The van der Waals surface area contributed by atoms with E-state index in [4.69, 9.17) is 5.73 Å². The van der Waals surface area contributed by atoms with Crippen molar-refractivity contribution >= 4 is 5.71 Å². The summed E-state index contributed by atoms with van der Waals surface area (Å²) in [4.78, 5) is 0. The van der Waals surface area contributed by atoms with E-state index in [1.807, 2.05) is 5.12 Å². The normalized spacial score (nSPS) is 27.2. The molecule has 66 valence electrons. The van der Waals surface area contributed by atoms with Gasteiger partial charge in [0.25, 0.3) is 0 Å². The highest BCUT2D eigenvalue weighted by Crippen LogP contribution is 2.14. The van der Waals surface area contributed by atoms with Crippen molar-refractivity contribution in [3.8, 4) is 0 Å². The van der Waals surface area contributed by atoms with Crippen LogP contribution in [-0.4, -0.2) is 30.0 Å². The van der Waals surface area contributed by atoms with Gasteiger partial charge in [-0.2, -0.15) is 5.10 Å². The van der Waals surface area contributed by atoms with E-state index in [2.05, 4.69) is 22.7 Å². The molecular weight excluding hydrogens is 152 g/mol. The van der Waals surface area contributed by atoms with E-state index >= 15 is 0 Å². The molecule has 0 aromatic rings. The van der Waals surface area contributed by atoms with Gasteiger partial charge in [0.15, 0.2) is 0 Å². The van der Waals surface area contributed by atoms with Crippen LogP contribution in [-0.2, 0) is 0 Å². The lowest BCUT2D eigenvalue weighted by molar-refractivity contribution is 0.225. The lowest BCUT2D eigenvalue weighted by Crippen LogP contribution is -2.39. The average Bonchev–Trinajstić information content (AvgIpc) is 2.47. The van der Waals surface area contributed by atoms with E-state index in [-0.39, 0.29) is 0 Å². The zero-order valence-corrected chi connectivity index (χ0v) is 7.03. The molecule has 4 nitrogen and oxygen atoms in total. The number of rotatable bonds is 2. The van der Waals surface area contributed by atoms with Crippen LogP contribution in [0.5, 0.6) is 0 Å². The first-order chi connectivity index (χ1) is 5.90. The molecule has 0 fully saturated rings. The summed E-state index contributed by atoms with van der Waals surface area (Å²) < 4.78 is 0. The zero-order valence-electron chi connectivity index (χ0n) is 7.03. The number of nitrogens with two attached hydrogens (primary N) is 1. The highest BCUT2D eigenvalue weighted by atomic mass is 15.7. The van der Waals surface area contributed by atoms with Gasteiger partial charge in [-0.3, -0.25) is 0 Å². The second kappa shape index (κ2) is 3.25. The molecule has 0 spiro atoms. The predicted molar refractivity (Wildman–Crippen MR) is 48.5 cm³/mol.